The molecule has 1 heterocycles. The van der Waals surface area contributed by atoms with Crippen molar-refractivity contribution >= 4 is 21.6 Å². The predicted molar refractivity (Wildman–Crippen MR) is 55.3 cm³/mol. The molecular weight excluding hydrogens is 208 g/mol. The molecule has 78 valence electrons. The molecule has 1 aliphatic heterocycles. The fourth-order valence-corrected chi connectivity index (χ4v) is 5.92. The van der Waals surface area contributed by atoms with E-state index in [0.29, 0.717) is 11.5 Å². The highest BCUT2D eigenvalue weighted by atomic mass is 32.3. The van der Waals surface area contributed by atoms with Crippen molar-refractivity contribution in [2.45, 2.75) is 31.5 Å². The maximum Gasteiger partial charge on any atom is 0.136 e. The van der Waals surface area contributed by atoms with Gasteiger partial charge in [-0.1, -0.05) is 20.8 Å². The third-order valence-corrected chi connectivity index (χ3v) is 6.46. The van der Waals surface area contributed by atoms with E-state index in [1.807, 2.05) is 20.8 Å². The molecule has 0 spiro atoms. The second kappa shape index (κ2) is 3.79. The van der Waals surface area contributed by atoms with Crippen LogP contribution in [0.1, 0.15) is 20.8 Å². The molecule has 1 N–H and O–H groups in total. The van der Waals surface area contributed by atoms with Gasteiger partial charge in [0, 0.05) is 33.1 Å². The summed E-state index contributed by atoms with van der Waals surface area (Å²) in [5, 5.41) is 9.84. The molecule has 0 saturated carbocycles. The van der Waals surface area contributed by atoms with E-state index < -0.39 is 32.3 Å². The number of rotatable bonds is 1. The lowest BCUT2D eigenvalue weighted by molar-refractivity contribution is 0.0763. The van der Waals surface area contributed by atoms with E-state index in [2.05, 4.69) is 0 Å². The summed E-state index contributed by atoms with van der Waals surface area (Å²) in [6, 6.07) is 0. The zero-order valence-electron chi connectivity index (χ0n) is 8.15. The Hall–Kier alpha value is 0.260. The van der Waals surface area contributed by atoms with Crippen LogP contribution in [-0.2, 0) is 21.6 Å². The first-order valence-corrected chi connectivity index (χ1v) is 7.03. The van der Waals surface area contributed by atoms with Gasteiger partial charge in [-0.05, 0) is 5.41 Å². The summed E-state index contributed by atoms with van der Waals surface area (Å²) in [4.78, 5) is 0. The normalized spacial score (nSPS) is 33.5. The summed E-state index contributed by atoms with van der Waals surface area (Å²) in [5.74, 6) is 0.925. The second-order valence-corrected chi connectivity index (χ2v) is 8.00. The van der Waals surface area contributed by atoms with Gasteiger partial charge in [0.05, 0.1) is 6.10 Å². The minimum atomic E-state index is -1.12. The number of aliphatic hydroxyl groups excluding tert-OH is 1. The Balaban J connectivity index is 2.82. The maximum absolute atomic E-state index is 11.4. The van der Waals surface area contributed by atoms with Gasteiger partial charge in [-0.15, -0.1) is 0 Å². The van der Waals surface area contributed by atoms with Crippen molar-refractivity contribution in [2.75, 3.05) is 11.5 Å². The van der Waals surface area contributed by atoms with E-state index in [0.717, 1.165) is 0 Å². The Bertz CT molecular complexity index is 228. The molecular formula is C8H16O3S2. The van der Waals surface area contributed by atoms with Crippen molar-refractivity contribution in [3.8, 4) is 0 Å². The topological polar surface area (TPSA) is 54.4 Å². The van der Waals surface area contributed by atoms with Gasteiger partial charge in [0.1, 0.15) is 4.58 Å². The molecule has 0 aliphatic carbocycles. The minimum absolute atomic E-state index is 0.347. The molecule has 0 unspecified atom stereocenters. The van der Waals surface area contributed by atoms with Crippen LogP contribution in [0, 0.1) is 5.41 Å². The minimum Gasteiger partial charge on any atom is -0.390 e. The van der Waals surface area contributed by atoms with E-state index in [4.69, 9.17) is 0 Å². The number of hydrogen-bond acceptors (Lipinski definition) is 3. The van der Waals surface area contributed by atoms with E-state index in [1.165, 1.54) is 0 Å². The van der Waals surface area contributed by atoms with Gasteiger partial charge in [-0.2, -0.15) is 0 Å². The lowest BCUT2D eigenvalue weighted by Crippen LogP contribution is -2.40. The fraction of sp³-hybridized carbons (Fsp3) is 1.00. The van der Waals surface area contributed by atoms with Gasteiger partial charge >= 0.3 is 0 Å². The van der Waals surface area contributed by atoms with E-state index in [1.54, 1.807) is 0 Å². The van der Waals surface area contributed by atoms with Gasteiger partial charge in [0.25, 0.3) is 0 Å². The first kappa shape index (κ1) is 11.3. The zero-order chi connectivity index (χ0) is 10.2. The van der Waals surface area contributed by atoms with Crippen LogP contribution >= 0.6 is 0 Å². The van der Waals surface area contributed by atoms with E-state index >= 15 is 0 Å². The number of hydrogen-bond donors (Lipinski definition) is 1. The molecule has 0 aromatic rings. The Morgan fingerprint density at radius 3 is 1.92 bits per heavy atom. The van der Waals surface area contributed by atoms with Gasteiger partial charge in [-0.25, -0.2) is 0 Å². The lowest BCUT2D eigenvalue weighted by Gasteiger charge is -2.29. The van der Waals surface area contributed by atoms with Crippen molar-refractivity contribution in [1.82, 2.24) is 0 Å². The van der Waals surface area contributed by atoms with Gasteiger partial charge < -0.3 is 5.11 Å². The Kier molecular flexibility index (Phi) is 3.30. The summed E-state index contributed by atoms with van der Waals surface area (Å²) in [7, 11) is -2.23. The van der Waals surface area contributed by atoms with Gasteiger partial charge in [0.2, 0.25) is 0 Å². The molecule has 0 amide bonds. The van der Waals surface area contributed by atoms with Crippen LogP contribution in [0.25, 0.3) is 0 Å². The van der Waals surface area contributed by atoms with Crippen molar-refractivity contribution < 1.29 is 13.5 Å². The molecule has 1 fully saturated rings. The Morgan fingerprint density at radius 2 is 1.62 bits per heavy atom. The number of aliphatic hydroxyl groups is 1. The molecule has 1 aliphatic rings. The largest absolute Gasteiger partial charge is 0.390 e. The summed E-state index contributed by atoms with van der Waals surface area (Å²) in [6.45, 7) is 5.60. The average molecular weight is 224 g/mol. The monoisotopic (exact) mass is 224 g/mol. The molecule has 3 nitrogen and oxygen atoms in total. The van der Waals surface area contributed by atoms with E-state index in [9.17, 15) is 13.5 Å². The van der Waals surface area contributed by atoms with Crippen molar-refractivity contribution in [1.29, 1.82) is 0 Å². The van der Waals surface area contributed by atoms with Gasteiger partial charge in [-0.3, -0.25) is 8.42 Å². The molecule has 3 atom stereocenters. The molecule has 0 radical (unpaired) electrons. The molecule has 5 heteroatoms. The Labute approximate surface area is 83.8 Å². The van der Waals surface area contributed by atoms with Crippen molar-refractivity contribution in [3.63, 3.8) is 0 Å². The second-order valence-electron chi connectivity index (χ2n) is 4.35. The van der Waals surface area contributed by atoms with Gasteiger partial charge in [0.15, 0.2) is 0 Å². The molecule has 0 aromatic heterocycles. The molecule has 13 heavy (non-hydrogen) atoms. The summed E-state index contributed by atoms with van der Waals surface area (Å²) >= 11 is 0. The highest BCUT2D eigenvalue weighted by Gasteiger charge is 2.41. The first-order chi connectivity index (χ1) is 5.84. The first-order valence-electron chi connectivity index (χ1n) is 4.26. The third kappa shape index (κ3) is 2.39. The van der Waals surface area contributed by atoms with Crippen LogP contribution in [-0.4, -0.2) is 35.7 Å². The Morgan fingerprint density at radius 1 is 1.23 bits per heavy atom. The molecule has 0 aromatic carbocycles. The molecule has 0 bridgehead atoms. The van der Waals surface area contributed by atoms with Crippen LogP contribution in [0.15, 0.2) is 0 Å². The van der Waals surface area contributed by atoms with Crippen molar-refractivity contribution in [3.05, 3.63) is 0 Å². The highest BCUT2D eigenvalue weighted by Crippen LogP contribution is 2.28. The van der Waals surface area contributed by atoms with Crippen LogP contribution in [0.5, 0.6) is 0 Å². The van der Waals surface area contributed by atoms with Crippen molar-refractivity contribution in [2.24, 2.45) is 5.41 Å². The summed E-state index contributed by atoms with van der Waals surface area (Å²) in [5.41, 5.74) is -0.347. The maximum atomic E-state index is 11.4. The summed E-state index contributed by atoms with van der Waals surface area (Å²) < 4.78 is 22.3. The molecule has 1 rings (SSSR count). The van der Waals surface area contributed by atoms with Crippen LogP contribution < -0.4 is 0 Å². The highest BCUT2D eigenvalue weighted by molar-refractivity contribution is 8.06. The fourth-order valence-electron chi connectivity index (χ4n) is 1.21. The molecule has 1 saturated heterocycles. The zero-order valence-corrected chi connectivity index (χ0v) is 9.78. The SMILES string of the molecule is CC(C)(C)[C@H](O)C1[S@](=O)CC[S@]1=O. The average Bonchev–Trinajstić information content (AvgIpc) is 2.28. The third-order valence-electron chi connectivity index (χ3n) is 2.15. The van der Waals surface area contributed by atoms with Crippen LogP contribution in [0.2, 0.25) is 0 Å². The lowest BCUT2D eigenvalue weighted by atomic mass is 9.90. The van der Waals surface area contributed by atoms with Crippen LogP contribution in [0.3, 0.4) is 0 Å². The standard InChI is InChI=1S/C8H16O3S2/c1-8(2,3)6(9)7-12(10)4-5-13(7)11/h6-7,9H,4-5H2,1-3H3/t6-,12-,13-/m1/s1. The van der Waals surface area contributed by atoms with E-state index in [-0.39, 0.29) is 5.41 Å². The quantitative estimate of drug-likeness (QED) is 0.694. The predicted octanol–water partition coefficient (Wildman–Crippen LogP) is 0.230. The van der Waals surface area contributed by atoms with Crippen LogP contribution in [0.4, 0.5) is 0 Å². The smallest absolute Gasteiger partial charge is 0.136 e. The summed E-state index contributed by atoms with van der Waals surface area (Å²) in [6.07, 6.45) is -0.739.